The van der Waals surface area contributed by atoms with Gasteiger partial charge in [-0.2, -0.15) is 0 Å². The number of aliphatic hydroxyl groups is 1. The van der Waals surface area contributed by atoms with Gasteiger partial charge in [-0.3, -0.25) is 9.69 Å². The minimum atomic E-state index is -0.328. The standard InChI is InChI=1S/C20H24N2O2/c1-15(22-13-7-10-17(23)14-22)20(24)21-19-12-6-5-11-18(19)16-8-3-2-4-9-16/h2-6,8-9,11-12,15,17,23H,7,10,13-14H2,1H3,(H,21,24). The van der Waals surface area contributed by atoms with Gasteiger partial charge in [0.2, 0.25) is 5.91 Å². The summed E-state index contributed by atoms with van der Waals surface area (Å²) in [5.41, 5.74) is 2.91. The first-order valence-electron chi connectivity index (χ1n) is 8.52. The van der Waals surface area contributed by atoms with Crippen molar-refractivity contribution in [2.45, 2.75) is 31.9 Å². The van der Waals surface area contributed by atoms with Crippen LogP contribution in [0.1, 0.15) is 19.8 Å². The Kier molecular flexibility index (Phi) is 5.28. The van der Waals surface area contributed by atoms with Crippen molar-refractivity contribution in [3.05, 3.63) is 54.6 Å². The predicted molar refractivity (Wildman–Crippen MR) is 96.8 cm³/mol. The Morgan fingerprint density at radius 1 is 1.17 bits per heavy atom. The summed E-state index contributed by atoms with van der Waals surface area (Å²) in [5, 5.41) is 12.9. The number of hydrogen-bond acceptors (Lipinski definition) is 3. The number of carbonyl (C=O) groups excluding carboxylic acids is 1. The molecule has 4 nitrogen and oxygen atoms in total. The SMILES string of the molecule is CC(C(=O)Nc1ccccc1-c1ccccc1)N1CCCC(O)C1. The highest BCUT2D eigenvalue weighted by Gasteiger charge is 2.26. The summed E-state index contributed by atoms with van der Waals surface area (Å²) in [6, 6.07) is 17.6. The zero-order valence-corrected chi connectivity index (χ0v) is 14.0. The summed E-state index contributed by atoms with van der Waals surface area (Å²) in [6.45, 7) is 3.32. The summed E-state index contributed by atoms with van der Waals surface area (Å²) in [7, 11) is 0. The number of likely N-dealkylation sites (tertiary alicyclic amines) is 1. The van der Waals surface area contributed by atoms with Crippen LogP contribution in [-0.2, 0) is 4.79 Å². The summed E-state index contributed by atoms with van der Waals surface area (Å²) in [4.78, 5) is 14.7. The summed E-state index contributed by atoms with van der Waals surface area (Å²) >= 11 is 0. The number of β-amino-alcohol motifs (C(OH)–C–C–N with tert-alkyl or cyclic N) is 1. The second-order valence-electron chi connectivity index (χ2n) is 6.37. The third-order valence-electron chi connectivity index (χ3n) is 4.62. The second-order valence-corrected chi connectivity index (χ2v) is 6.37. The molecule has 2 N–H and O–H groups in total. The molecule has 0 radical (unpaired) electrons. The maximum absolute atomic E-state index is 12.7. The monoisotopic (exact) mass is 324 g/mol. The van der Waals surface area contributed by atoms with E-state index in [0.717, 1.165) is 36.2 Å². The van der Waals surface area contributed by atoms with Crippen LogP contribution in [-0.4, -0.2) is 41.1 Å². The van der Waals surface area contributed by atoms with Gasteiger partial charge in [0.25, 0.3) is 0 Å². The van der Waals surface area contributed by atoms with Gasteiger partial charge in [0.15, 0.2) is 0 Å². The average Bonchev–Trinajstić information content (AvgIpc) is 2.62. The van der Waals surface area contributed by atoms with E-state index >= 15 is 0 Å². The summed E-state index contributed by atoms with van der Waals surface area (Å²) in [6.07, 6.45) is 1.42. The number of nitrogens with zero attached hydrogens (tertiary/aromatic N) is 1. The van der Waals surface area contributed by atoms with E-state index in [9.17, 15) is 9.90 Å². The Hall–Kier alpha value is -2.17. The molecule has 3 rings (SSSR count). The van der Waals surface area contributed by atoms with E-state index in [1.165, 1.54) is 0 Å². The molecule has 2 aromatic carbocycles. The van der Waals surface area contributed by atoms with E-state index in [1.54, 1.807) is 0 Å². The first-order valence-corrected chi connectivity index (χ1v) is 8.52. The summed E-state index contributed by atoms with van der Waals surface area (Å²) in [5.74, 6) is -0.0347. The maximum Gasteiger partial charge on any atom is 0.241 e. The Labute approximate surface area is 143 Å². The molecule has 1 amide bonds. The van der Waals surface area contributed by atoms with Crippen LogP contribution in [0, 0.1) is 0 Å². The third kappa shape index (κ3) is 3.83. The van der Waals surface area contributed by atoms with Crippen LogP contribution in [0.2, 0.25) is 0 Å². The van der Waals surface area contributed by atoms with Gasteiger partial charge in [-0.05, 0) is 37.9 Å². The van der Waals surface area contributed by atoms with Gasteiger partial charge in [-0.15, -0.1) is 0 Å². The molecule has 0 saturated carbocycles. The van der Waals surface area contributed by atoms with Gasteiger partial charge < -0.3 is 10.4 Å². The molecular formula is C20H24N2O2. The zero-order chi connectivity index (χ0) is 16.9. The normalized spacial score (nSPS) is 19.7. The number of carbonyl (C=O) groups is 1. The number of amides is 1. The van der Waals surface area contributed by atoms with E-state index in [0.29, 0.717) is 6.54 Å². The molecule has 0 bridgehead atoms. The number of aliphatic hydroxyl groups excluding tert-OH is 1. The van der Waals surface area contributed by atoms with E-state index in [4.69, 9.17) is 0 Å². The molecular weight excluding hydrogens is 300 g/mol. The van der Waals surface area contributed by atoms with Crippen molar-refractivity contribution >= 4 is 11.6 Å². The van der Waals surface area contributed by atoms with E-state index in [2.05, 4.69) is 10.2 Å². The van der Waals surface area contributed by atoms with Crippen LogP contribution < -0.4 is 5.32 Å². The molecule has 126 valence electrons. The van der Waals surface area contributed by atoms with Crippen molar-refractivity contribution < 1.29 is 9.90 Å². The molecule has 4 heteroatoms. The molecule has 1 heterocycles. The molecule has 2 aromatic rings. The Bertz CT molecular complexity index is 687. The number of rotatable bonds is 4. The lowest BCUT2D eigenvalue weighted by atomic mass is 10.0. The van der Waals surface area contributed by atoms with Crippen molar-refractivity contribution in [1.29, 1.82) is 0 Å². The predicted octanol–water partition coefficient (Wildman–Crippen LogP) is 3.14. The van der Waals surface area contributed by atoms with E-state index < -0.39 is 0 Å². The molecule has 2 unspecified atom stereocenters. The number of benzene rings is 2. The lowest BCUT2D eigenvalue weighted by Gasteiger charge is -2.34. The van der Waals surface area contributed by atoms with Crippen LogP contribution in [0.5, 0.6) is 0 Å². The van der Waals surface area contributed by atoms with E-state index in [-0.39, 0.29) is 18.1 Å². The van der Waals surface area contributed by atoms with Crippen LogP contribution in [0.4, 0.5) is 5.69 Å². The molecule has 0 spiro atoms. The highest BCUT2D eigenvalue weighted by molar-refractivity contribution is 5.98. The number of para-hydroxylation sites is 1. The van der Waals surface area contributed by atoms with Crippen LogP contribution in [0.25, 0.3) is 11.1 Å². The molecule has 24 heavy (non-hydrogen) atoms. The first-order chi connectivity index (χ1) is 11.6. The summed E-state index contributed by atoms with van der Waals surface area (Å²) < 4.78 is 0. The van der Waals surface area contributed by atoms with Crippen molar-refractivity contribution in [1.82, 2.24) is 4.90 Å². The fourth-order valence-electron chi connectivity index (χ4n) is 3.20. The molecule has 0 aliphatic carbocycles. The molecule has 1 fully saturated rings. The fourth-order valence-corrected chi connectivity index (χ4v) is 3.20. The number of piperidine rings is 1. The smallest absolute Gasteiger partial charge is 0.241 e. The lowest BCUT2D eigenvalue weighted by molar-refractivity contribution is -0.121. The Balaban J connectivity index is 1.75. The van der Waals surface area contributed by atoms with Gasteiger partial charge in [0.1, 0.15) is 0 Å². The topological polar surface area (TPSA) is 52.6 Å². The van der Waals surface area contributed by atoms with Crippen molar-refractivity contribution in [3.63, 3.8) is 0 Å². The highest BCUT2D eigenvalue weighted by atomic mass is 16.3. The molecule has 0 aromatic heterocycles. The minimum absolute atomic E-state index is 0.0347. The molecule has 1 aliphatic rings. The van der Waals surface area contributed by atoms with Gasteiger partial charge >= 0.3 is 0 Å². The van der Waals surface area contributed by atoms with E-state index in [1.807, 2.05) is 61.5 Å². The fraction of sp³-hybridized carbons (Fsp3) is 0.350. The maximum atomic E-state index is 12.7. The zero-order valence-electron chi connectivity index (χ0n) is 14.0. The van der Waals surface area contributed by atoms with Crippen LogP contribution >= 0.6 is 0 Å². The lowest BCUT2D eigenvalue weighted by Crippen LogP contribution is -2.48. The second kappa shape index (κ2) is 7.60. The van der Waals surface area contributed by atoms with Crippen molar-refractivity contribution in [2.24, 2.45) is 0 Å². The first kappa shape index (κ1) is 16.7. The van der Waals surface area contributed by atoms with Crippen molar-refractivity contribution in [3.8, 4) is 11.1 Å². The molecule has 1 saturated heterocycles. The number of anilines is 1. The van der Waals surface area contributed by atoms with Gasteiger partial charge in [-0.25, -0.2) is 0 Å². The average molecular weight is 324 g/mol. The Morgan fingerprint density at radius 3 is 2.62 bits per heavy atom. The number of nitrogens with one attached hydrogen (secondary N) is 1. The van der Waals surface area contributed by atoms with Crippen LogP contribution in [0.3, 0.4) is 0 Å². The van der Waals surface area contributed by atoms with Gasteiger partial charge in [-0.1, -0.05) is 48.5 Å². The van der Waals surface area contributed by atoms with Gasteiger partial charge in [0.05, 0.1) is 12.1 Å². The van der Waals surface area contributed by atoms with Crippen molar-refractivity contribution in [2.75, 3.05) is 18.4 Å². The largest absolute Gasteiger partial charge is 0.392 e. The number of hydrogen-bond donors (Lipinski definition) is 2. The van der Waals surface area contributed by atoms with Crippen LogP contribution in [0.15, 0.2) is 54.6 Å². The molecule has 2 atom stereocenters. The third-order valence-corrected chi connectivity index (χ3v) is 4.62. The minimum Gasteiger partial charge on any atom is -0.392 e. The molecule has 1 aliphatic heterocycles. The quantitative estimate of drug-likeness (QED) is 0.908. The highest BCUT2D eigenvalue weighted by Crippen LogP contribution is 2.28. The van der Waals surface area contributed by atoms with Gasteiger partial charge in [0, 0.05) is 17.8 Å². The Morgan fingerprint density at radius 2 is 1.88 bits per heavy atom.